The molecule has 11 rings (SSSR count). The minimum Gasteiger partial charge on any atom is -0.367 e. The van der Waals surface area contributed by atoms with Crippen molar-refractivity contribution in [3.8, 4) is 0 Å². The highest BCUT2D eigenvalue weighted by Crippen LogP contribution is 2.53. The minimum atomic E-state index is -0.0992. The van der Waals surface area contributed by atoms with Gasteiger partial charge in [-0.05, 0) is 80.9 Å². The van der Waals surface area contributed by atoms with Crippen LogP contribution >= 0.6 is 0 Å². The van der Waals surface area contributed by atoms with E-state index in [-0.39, 0.29) is 35.0 Å². The molecular formula is C62H60N6. The summed E-state index contributed by atoms with van der Waals surface area (Å²) in [6, 6.07) is 66.2. The number of hydrazone groups is 2. The molecule has 0 saturated carbocycles. The highest BCUT2D eigenvalue weighted by Gasteiger charge is 2.47. The summed E-state index contributed by atoms with van der Waals surface area (Å²) >= 11 is 0. The molecule has 7 aromatic carbocycles. The zero-order valence-electron chi connectivity index (χ0n) is 40.0. The third-order valence-electron chi connectivity index (χ3n) is 15.2. The molecule has 0 spiro atoms. The van der Waals surface area contributed by atoms with Crippen molar-refractivity contribution in [1.82, 2.24) is 0 Å². The van der Waals surface area contributed by atoms with E-state index in [2.05, 4.69) is 268 Å². The van der Waals surface area contributed by atoms with Crippen molar-refractivity contribution in [2.45, 2.75) is 75.5 Å². The average molecular weight is 889 g/mol. The van der Waals surface area contributed by atoms with Crippen molar-refractivity contribution in [3.63, 3.8) is 0 Å². The summed E-state index contributed by atoms with van der Waals surface area (Å²) in [4.78, 5) is 4.98. The van der Waals surface area contributed by atoms with E-state index in [4.69, 9.17) is 10.2 Å². The third kappa shape index (κ3) is 7.72. The second-order valence-electron chi connectivity index (χ2n) is 20.1. The van der Waals surface area contributed by atoms with Gasteiger partial charge < -0.3 is 9.80 Å². The normalized spacial score (nSPS) is 21.4. The highest BCUT2D eigenvalue weighted by atomic mass is 15.5. The summed E-state index contributed by atoms with van der Waals surface area (Å²) in [5.74, 6) is 0. The Labute approximate surface area is 402 Å². The predicted octanol–water partition coefficient (Wildman–Crippen LogP) is 14.0. The fraction of sp³-hybridized carbons (Fsp3) is 0.226. The summed E-state index contributed by atoms with van der Waals surface area (Å²) in [7, 11) is 4.53. The summed E-state index contributed by atoms with van der Waals surface area (Å²) in [6.07, 6.45) is 11.1. The van der Waals surface area contributed by atoms with E-state index < -0.39 is 0 Å². The van der Waals surface area contributed by atoms with Crippen LogP contribution in [0.1, 0.15) is 97.1 Å². The number of hydrogen-bond donors (Lipinski definition) is 0. The van der Waals surface area contributed by atoms with Gasteiger partial charge in [0, 0.05) is 49.1 Å². The fourth-order valence-corrected chi connectivity index (χ4v) is 11.4. The van der Waals surface area contributed by atoms with E-state index in [1.165, 1.54) is 55.9 Å². The molecule has 0 radical (unpaired) electrons. The number of benzene rings is 7. The molecule has 68 heavy (non-hydrogen) atoms. The molecule has 4 aliphatic heterocycles. The number of hydrogen-bond acceptors (Lipinski definition) is 6. The molecule has 0 aromatic heterocycles. The quantitative estimate of drug-likeness (QED) is 0.137. The lowest BCUT2D eigenvalue weighted by Crippen LogP contribution is -2.38. The zero-order valence-corrected chi connectivity index (χ0v) is 40.0. The Balaban J connectivity index is 0.798. The molecule has 4 atom stereocenters. The molecule has 0 aliphatic carbocycles. The van der Waals surface area contributed by atoms with Crippen LogP contribution < -0.4 is 19.8 Å². The average Bonchev–Trinajstić information content (AvgIpc) is 4.12. The Bertz CT molecular complexity index is 2830. The lowest BCUT2D eigenvalue weighted by Gasteiger charge is -2.31. The first-order chi connectivity index (χ1) is 33.0. The maximum atomic E-state index is 5.20. The Kier molecular flexibility index (Phi) is 11.0. The number of likely N-dealkylation sites (N-methyl/N-ethyl adjacent to an activating group) is 2. The fourth-order valence-electron chi connectivity index (χ4n) is 11.4. The first-order valence-electron chi connectivity index (χ1n) is 24.2. The molecule has 0 amide bonds. The van der Waals surface area contributed by atoms with Crippen molar-refractivity contribution < 1.29 is 0 Å². The number of fused-ring (bicyclic) bond motifs is 2. The third-order valence-corrected chi connectivity index (χ3v) is 15.2. The lowest BCUT2D eigenvalue weighted by molar-refractivity contribution is 0.486. The molecule has 4 unspecified atom stereocenters. The Morgan fingerprint density at radius 3 is 1.13 bits per heavy atom. The molecule has 7 aromatic rings. The number of anilines is 4. The van der Waals surface area contributed by atoms with Gasteiger partial charge in [-0.1, -0.05) is 198 Å². The van der Waals surface area contributed by atoms with Crippen LogP contribution in [0.4, 0.5) is 22.7 Å². The Hall–Kier alpha value is -7.44. The molecule has 0 bridgehead atoms. The van der Waals surface area contributed by atoms with E-state index >= 15 is 0 Å². The van der Waals surface area contributed by atoms with Gasteiger partial charge in [-0.15, -0.1) is 0 Å². The maximum Gasteiger partial charge on any atom is 0.0831 e. The summed E-state index contributed by atoms with van der Waals surface area (Å²) in [5, 5.41) is 14.8. The molecule has 0 saturated heterocycles. The van der Waals surface area contributed by atoms with E-state index in [0.29, 0.717) is 0 Å². The van der Waals surface area contributed by atoms with Gasteiger partial charge in [0.1, 0.15) is 0 Å². The summed E-state index contributed by atoms with van der Waals surface area (Å²) in [6.45, 7) is 9.60. The van der Waals surface area contributed by atoms with E-state index in [1.54, 1.807) is 0 Å². The van der Waals surface area contributed by atoms with Gasteiger partial charge >= 0.3 is 0 Å². The summed E-state index contributed by atoms with van der Waals surface area (Å²) in [5.41, 5.74) is 16.9. The second-order valence-corrected chi connectivity index (χ2v) is 20.1. The van der Waals surface area contributed by atoms with Crippen LogP contribution in [0.3, 0.4) is 0 Å². The molecule has 6 heteroatoms. The van der Waals surface area contributed by atoms with Crippen LogP contribution in [0.15, 0.2) is 204 Å². The smallest absolute Gasteiger partial charge is 0.0831 e. The van der Waals surface area contributed by atoms with Gasteiger partial charge in [0.15, 0.2) is 0 Å². The van der Waals surface area contributed by atoms with Gasteiger partial charge in [0.2, 0.25) is 0 Å². The van der Waals surface area contributed by atoms with Crippen LogP contribution in [0.5, 0.6) is 0 Å². The Morgan fingerprint density at radius 2 is 0.779 bits per heavy atom. The second kappa shape index (κ2) is 17.3. The number of nitrogens with zero attached hydrogens (tertiary/aromatic N) is 6. The maximum absolute atomic E-state index is 5.20. The van der Waals surface area contributed by atoms with Gasteiger partial charge in [-0.25, -0.2) is 0 Å². The molecule has 6 nitrogen and oxygen atoms in total. The van der Waals surface area contributed by atoms with Crippen molar-refractivity contribution in [2.24, 2.45) is 10.2 Å². The summed E-state index contributed by atoms with van der Waals surface area (Å²) < 4.78 is 0. The van der Waals surface area contributed by atoms with Crippen LogP contribution in [-0.4, -0.2) is 37.6 Å². The van der Waals surface area contributed by atoms with Crippen molar-refractivity contribution >= 4 is 46.3 Å². The SMILES string of the molecule is CN1c2cc3c(cc2C(C)(C)C1C=Cc1ccc(N2N=C(c4ccccc4)CC2c2ccccc2)cc1)N(C)C(C=Cc1ccc(N2N=C(c4ccccc4)CC2c2ccccc2)cc1)C3(C)C. The topological polar surface area (TPSA) is 37.7 Å². The molecule has 338 valence electrons. The standard InChI is InChI=1S/C62H60N6/c1-61(2)51-39-58-52(40-57(51)65(5)59(61)37-31-43-27-33-49(34-28-43)67-55(47-23-15-9-16-24-47)41-53(63-67)45-19-11-7-12-20-45)62(3,4)60(66(58)6)38-32-44-29-35-50(36-30-44)68-56(48-25-17-10-18-26-48)42-54(64-68)46-21-13-8-14-22-46/h7-40,55-56,59-60H,41-42H2,1-6H3. The molecule has 4 heterocycles. The molecule has 0 fully saturated rings. The highest BCUT2D eigenvalue weighted by molar-refractivity contribution is 6.04. The molecule has 4 aliphatic rings. The van der Waals surface area contributed by atoms with Crippen molar-refractivity contribution in [1.29, 1.82) is 0 Å². The van der Waals surface area contributed by atoms with Crippen LogP contribution in [0.25, 0.3) is 12.2 Å². The minimum absolute atomic E-state index is 0.0992. The van der Waals surface area contributed by atoms with Crippen LogP contribution in [-0.2, 0) is 10.8 Å². The van der Waals surface area contributed by atoms with E-state index in [1.807, 2.05) is 0 Å². The van der Waals surface area contributed by atoms with Gasteiger partial charge in [-0.2, -0.15) is 10.2 Å². The van der Waals surface area contributed by atoms with Crippen molar-refractivity contribution in [2.75, 3.05) is 33.9 Å². The predicted molar refractivity (Wildman–Crippen MR) is 286 cm³/mol. The lowest BCUT2D eigenvalue weighted by atomic mass is 9.77. The van der Waals surface area contributed by atoms with Gasteiger partial charge in [0.25, 0.3) is 0 Å². The zero-order chi connectivity index (χ0) is 46.6. The van der Waals surface area contributed by atoms with Crippen LogP contribution in [0.2, 0.25) is 0 Å². The van der Waals surface area contributed by atoms with Crippen molar-refractivity contribution in [3.05, 3.63) is 239 Å². The van der Waals surface area contributed by atoms with Gasteiger partial charge in [-0.3, -0.25) is 10.0 Å². The first kappa shape index (κ1) is 43.1. The Morgan fingerprint density at radius 1 is 0.441 bits per heavy atom. The molecular weight excluding hydrogens is 829 g/mol. The van der Waals surface area contributed by atoms with E-state index in [9.17, 15) is 0 Å². The van der Waals surface area contributed by atoms with Crippen LogP contribution in [0, 0.1) is 0 Å². The molecule has 0 N–H and O–H groups in total. The largest absolute Gasteiger partial charge is 0.367 e. The monoisotopic (exact) mass is 888 g/mol. The van der Waals surface area contributed by atoms with E-state index in [0.717, 1.165) is 35.6 Å². The number of rotatable bonds is 10. The van der Waals surface area contributed by atoms with Gasteiger partial charge in [0.05, 0.1) is 47.0 Å². The first-order valence-corrected chi connectivity index (χ1v) is 24.2.